The van der Waals surface area contributed by atoms with Gasteiger partial charge >= 0.3 is 23.9 Å². The fourth-order valence-corrected chi connectivity index (χ4v) is 15.8. The Balaban J connectivity index is 0.751. The average molecular weight is 1150 g/mol. The lowest BCUT2D eigenvalue weighted by molar-refractivity contribution is -0.294. The first kappa shape index (κ1) is 61.0. The van der Waals surface area contributed by atoms with Crippen LogP contribution < -0.4 is 0 Å². The molecule has 6 aliphatic rings. The summed E-state index contributed by atoms with van der Waals surface area (Å²) in [5, 5.41) is 0. The highest BCUT2D eigenvalue weighted by Gasteiger charge is 2.64. The van der Waals surface area contributed by atoms with Crippen LogP contribution in [0.2, 0.25) is 0 Å². The molecule has 0 N–H and O–H groups in total. The van der Waals surface area contributed by atoms with Gasteiger partial charge in [-0.3, -0.25) is 9.59 Å². The van der Waals surface area contributed by atoms with Crippen molar-refractivity contribution in [1.29, 1.82) is 0 Å². The minimum Gasteiger partial charge on any atom is -0.459 e. The third-order valence-electron chi connectivity index (χ3n) is 21.2. The average Bonchev–Trinajstić information content (AvgIpc) is 1.58. The highest BCUT2D eigenvalue weighted by molar-refractivity contribution is 5.93. The van der Waals surface area contributed by atoms with E-state index in [0.29, 0.717) is 52.8 Å². The smallest absolute Gasteiger partial charge is 0.338 e. The van der Waals surface area contributed by atoms with Crippen LogP contribution in [0.1, 0.15) is 161 Å². The summed E-state index contributed by atoms with van der Waals surface area (Å²) in [6, 6.07) is 35.2. The van der Waals surface area contributed by atoms with E-state index in [4.69, 9.17) is 37.9 Å². The number of fused-ring (bicyclic) bond motifs is 5. The van der Waals surface area contributed by atoms with Gasteiger partial charge in [-0.2, -0.15) is 0 Å². The van der Waals surface area contributed by atoms with Gasteiger partial charge in [0.1, 0.15) is 24.3 Å². The molecule has 0 spiro atoms. The molecule has 84 heavy (non-hydrogen) atoms. The Hall–Kier alpha value is -6.06. The first-order chi connectivity index (χ1) is 40.3. The molecule has 14 heteroatoms. The van der Waals surface area contributed by atoms with E-state index in [1.165, 1.54) is 0 Å². The molecular weight excluding hydrogens is 1060 g/mol. The Morgan fingerprint density at radius 3 is 1.70 bits per heavy atom. The molecule has 0 radical (unpaired) electrons. The molecule has 4 saturated carbocycles. The van der Waals surface area contributed by atoms with E-state index in [1.807, 2.05) is 77.9 Å². The van der Waals surface area contributed by atoms with Crippen LogP contribution in [0.25, 0.3) is 0 Å². The molecule has 14 nitrogen and oxygen atoms in total. The van der Waals surface area contributed by atoms with Crippen molar-refractivity contribution in [3.05, 3.63) is 144 Å². The van der Waals surface area contributed by atoms with Crippen LogP contribution in [0.15, 0.2) is 121 Å². The van der Waals surface area contributed by atoms with Gasteiger partial charge in [0.2, 0.25) is 0 Å². The van der Waals surface area contributed by atoms with E-state index < -0.39 is 72.9 Å². The number of carbonyl (C=O) groups is 6. The monoisotopic (exact) mass is 1150 g/mol. The van der Waals surface area contributed by atoms with E-state index in [1.54, 1.807) is 84.9 Å². The number of benzene rings is 4. The summed E-state index contributed by atoms with van der Waals surface area (Å²) in [4.78, 5) is 82.5. The highest BCUT2D eigenvalue weighted by Crippen LogP contribution is 2.68. The van der Waals surface area contributed by atoms with Crippen LogP contribution in [0.4, 0.5) is 0 Å². The number of ether oxygens (including phenoxy) is 8. The van der Waals surface area contributed by atoms with Crippen LogP contribution in [0.3, 0.4) is 0 Å². The third kappa shape index (κ3) is 12.9. The zero-order valence-electron chi connectivity index (χ0n) is 50.1. The van der Waals surface area contributed by atoms with E-state index in [2.05, 4.69) is 13.8 Å². The number of Topliss-reactive ketones (excluding diaryl/α,β-unsaturated/α-hetero) is 2. The Bertz CT molecular complexity index is 2920. The molecule has 20 atom stereocenters. The van der Waals surface area contributed by atoms with Crippen LogP contribution in [-0.4, -0.2) is 97.9 Å². The lowest BCUT2D eigenvalue weighted by Crippen LogP contribution is -2.57. The van der Waals surface area contributed by atoms with Crippen molar-refractivity contribution in [2.75, 3.05) is 13.2 Å². The molecular formula is C70H86O14. The van der Waals surface area contributed by atoms with Crippen LogP contribution in [0.5, 0.6) is 0 Å². The molecule has 4 aromatic carbocycles. The zero-order chi connectivity index (χ0) is 59.5. The van der Waals surface area contributed by atoms with Crippen molar-refractivity contribution in [3.63, 3.8) is 0 Å². The van der Waals surface area contributed by atoms with Gasteiger partial charge in [-0.25, -0.2) is 19.2 Å². The molecule has 12 unspecified atom stereocenters. The van der Waals surface area contributed by atoms with Gasteiger partial charge in [0.15, 0.2) is 24.8 Å². The number of rotatable bonds is 19. The zero-order valence-corrected chi connectivity index (χ0v) is 50.1. The molecule has 2 saturated heterocycles. The van der Waals surface area contributed by atoms with Crippen LogP contribution >= 0.6 is 0 Å². The van der Waals surface area contributed by atoms with E-state index >= 15 is 0 Å². The van der Waals surface area contributed by atoms with Gasteiger partial charge in [-0.15, -0.1) is 0 Å². The normalized spacial score (nSPS) is 35.2. The quantitative estimate of drug-likeness (QED) is 0.0492. The number of ketones is 2. The lowest BCUT2D eigenvalue weighted by Gasteiger charge is -2.61. The van der Waals surface area contributed by atoms with Crippen molar-refractivity contribution in [1.82, 2.24) is 0 Å². The summed E-state index contributed by atoms with van der Waals surface area (Å²) < 4.78 is 50.8. The van der Waals surface area contributed by atoms with Crippen molar-refractivity contribution >= 4 is 35.4 Å². The lowest BCUT2D eigenvalue weighted by atomic mass is 9.44. The van der Waals surface area contributed by atoms with Crippen molar-refractivity contribution in [3.8, 4) is 0 Å². The summed E-state index contributed by atoms with van der Waals surface area (Å²) in [7, 11) is 0. The Morgan fingerprint density at radius 1 is 0.583 bits per heavy atom. The fourth-order valence-electron chi connectivity index (χ4n) is 15.8. The second-order valence-corrected chi connectivity index (χ2v) is 26.1. The van der Waals surface area contributed by atoms with Gasteiger partial charge in [0, 0.05) is 36.5 Å². The second-order valence-electron chi connectivity index (χ2n) is 26.1. The summed E-state index contributed by atoms with van der Waals surface area (Å²) in [6.45, 7) is 16.8. The molecule has 0 amide bonds. The maximum atomic E-state index is 14.4. The van der Waals surface area contributed by atoms with E-state index in [9.17, 15) is 28.8 Å². The van der Waals surface area contributed by atoms with Gasteiger partial charge < -0.3 is 37.9 Å². The SMILES string of the molecule is CC1O[C@@H](OC[C@@H](C)CCC(=O)[C@@H](C)C2C(=O)CC3C4CCC5CC(O[C@@H]6OC(COC(=O)c7ccccc7)[C@H](C)[C@H](C)C6OC(=O)c6ccccc6)CCC5(C)C4CCC32C)C(OC(=O)c2ccccc2)[C@H](OC(=O)c2ccccc2)[C@H]1C. The van der Waals surface area contributed by atoms with Crippen LogP contribution in [-0.2, 0) is 47.5 Å². The summed E-state index contributed by atoms with van der Waals surface area (Å²) in [5.74, 6) is -1.80. The second kappa shape index (κ2) is 26.3. The van der Waals surface area contributed by atoms with Gasteiger partial charge in [0.05, 0.1) is 47.2 Å². The molecule has 2 heterocycles. The van der Waals surface area contributed by atoms with Crippen LogP contribution in [0, 0.1) is 70.0 Å². The summed E-state index contributed by atoms with van der Waals surface area (Å²) in [5.41, 5.74) is 1.39. The van der Waals surface area contributed by atoms with Gasteiger partial charge in [0.25, 0.3) is 0 Å². The maximum absolute atomic E-state index is 14.4. The number of hydrogen-bond donors (Lipinski definition) is 0. The van der Waals surface area contributed by atoms with Gasteiger partial charge in [-0.1, -0.05) is 121 Å². The number of carbonyl (C=O) groups excluding carboxylic acids is 6. The maximum Gasteiger partial charge on any atom is 0.338 e. The molecule has 0 bridgehead atoms. The van der Waals surface area contributed by atoms with Crippen molar-refractivity contribution < 1.29 is 66.7 Å². The Morgan fingerprint density at radius 2 is 1.12 bits per heavy atom. The van der Waals surface area contributed by atoms with Crippen molar-refractivity contribution in [2.24, 2.45) is 70.0 Å². The van der Waals surface area contributed by atoms with Crippen molar-refractivity contribution in [2.45, 2.75) is 169 Å². The first-order valence-electron chi connectivity index (χ1n) is 31.0. The third-order valence-corrected chi connectivity index (χ3v) is 21.2. The molecule has 4 aliphatic carbocycles. The minimum absolute atomic E-state index is 0.0339. The van der Waals surface area contributed by atoms with E-state index in [0.717, 1.165) is 44.9 Å². The fraction of sp³-hybridized carbons (Fsp3) is 0.571. The topological polar surface area (TPSA) is 176 Å². The molecule has 6 fully saturated rings. The Kier molecular flexibility index (Phi) is 19.1. The summed E-state index contributed by atoms with van der Waals surface area (Å²) in [6.07, 6.45) is 2.28. The summed E-state index contributed by atoms with van der Waals surface area (Å²) >= 11 is 0. The predicted molar refractivity (Wildman–Crippen MR) is 313 cm³/mol. The van der Waals surface area contributed by atoms with E-state index in [-0.39, 0.29) is 83.6 Å². The number of esters is 4. The van der Waals surface area contributed by atoms with Gasteiger partial charge in [-0.05, 0) is 153 Å². The molecule has 0 aromatic heterocycles. The predicted octanol–water partition coefficient (Wildman–Crippen LogP) is 12.8. The molecule has 450 valence electrons. The minimum atomic E-state index is -1.08. The largest absolute Gasteiger partial charge is 0.459 e. The molecule has 2 aliphatic heterocycles. The molecule has 4 aromatic rings. The highest BCUT2D eigenvalue weighted by atomic mass is 16.7. The standard InChI is InChI=1S/C70H86O14/c1-41(39-78-67-62(84-66(76)50-27-19-12-20-28-50)60(44(4)46(6)79-67)82-64(74)48-23-15-10-16-24-48)29-32-56(71)45(5)59-57(72)38-55-53-31-30-51-37-52(33-35-69(51,7)54(53)34-36-70(55,59)8)80-68-61(83-65(75)49-25-17-11-18-26-49)43(3)42(2)58(81-68)40-77-63(73)47-21-13-9-14-22-47/h9-28,41-46,51-55,58-62,67-68H,29-40H2,1-8H3/t41-,42+,43-,44-,45+,46?,51?,52?,53?,54?,55?,58?,59?,60+,61?,62?,67+,68+,69?,70?/m0/s1. The first-order valence-corrected chi connectivity index (χ1v) is 31.0. The number of hydrogen-bond acceptors (Lipinski definition) is 14. The Labute approximate surface area is 495 Å². The molecule has 10 rings (SSSR count).